The Morgan fingerprint density at radius 2 is 2.07 bits per heavy atom. The number of hydrogen-bond donors (Lipinski definition) is 2. The van der Waals surface area contributed by atoms with Crippen molar-refractivity contribution in [3.8, 4) is 17.1 Å². The maximum Gasteiger partial charge on any atom is 0.270 e. The van der Waals surface area contributed by atoms with Gasteiger partial charge in [-0.05, 0) is 43.1 Å². The van der Waals surface area contributed by atoms with Crippen molar-refractivity contribution in [2.45, 2.75) is 19.4 Å². The molecule has 27 heavy (non-hydrogen) atoms. The molecule has 1 amide bonds. The average molecular weight is 387 g/mol. The molecule has 0 aliphatic carbocycles. The average Bonchev–Trinajstić information content (AvgIpc) is 3.34. The zero-order valence-electron chi connectivity index (χ0n) is 15.1. The van der Waals surface area contributed by atoms with Gasteiger partial charge in [-0.2, -0.15) is 5.10 Å². The smallest absolute Gasteiger partial charge is 0.270 e. The number of piperidine rings is 1. The second-order valence-corrected chi connectivity index (χ2v) is 6.69. The Labute approximate surface area is 164 Å². The Bertz CT molecular complexity index is 877. The molecule has 2 unspecified atom stereocenters. The van der Waals surface area contributed by atoms with Crippen LogP contribution < -0.4 is 10.6 Å². The summed E-state index contributed by atoms with van der Waals surface area (Å²) in [6, 6.07) is 15.2. The summed E-state index contributed by atoms with van der Waals surface area (Å²) in [6.45, 7) is 3.96. The van der Waals surface area contributed by atoms with Crippen LogP contribution in [-0.2, 0) is 0 Å². The third-order valence-corrected chi connectivity index (χ3v) is 4.86. The van der Waals surface area contributed by atoms with Gasteiger partial charge in [0.2, 0.25) is 0 Å². The third kappa shape index (κ3) is 4.07. The molecule has 0 spiro atoms. The van der Waals surface area contributed by atoms with Crippen molar-refractivity contribution >= 4 is 18.3 Å². The molecule has 0 bridgehead atoms. The van der Waals surface area contributed by atoms with Crippen molar-refractivity contribution < 1.29 is 9.21 Å². The summed E-state index contributed by atoms with van der Waals surface area (Å²) in [5.41, 5.74) is 1.98. The number of carbonyl (C=O) groups is 1. The van der Waals surface area contributed by atoms with E-state index in [4.69, 9.17) is 4.42 Å². The lowest BCUT2D eigenvalue weighted by Gasteiger charge is -2.30. The summed E-state index contributed by atoms with van der Waals surface area (Å²) < 4.78 is 7.13. The second kappa shape index (κ2) is 8.41. The van der Waals surface area contributed by atoms with E-state index in [2.05, 4.69) is 22.7 Å². The van der Waals surface area contributed by atoms with Gasteiger partial charge in [0, 0.05) is 18.7 Å². The van der Waals surface area contributed by atoms with E-state index in [1.807, 2.05) is 42.5 Å². The molecule has 0 radical (unpaired) electrons. The molecule has 3 aromatic rings. The molecule has 1 saturated heterocycles. The van der Waals surface area contributed by atoms with Crippen LogP contribution in [0.4, 0.5) is 0 Å². The fraction of sp³-hybridized carbons (Fsp3) is 0.300. The number of amides is 1. The molecule has 1 aliphatic heterocycles. The predicted molar refractivity (Wildman–Crippen MR) is 106 cm³/mol. The van der Waals surface area contributed by atoms with E-state index in [1.54, 1.807) is 17.0 Å². The minimum Gasteiger partial charge on any atom is -0.463 e. The number of para-hydroxylation sites is 1. The molecule has 6 nitrogen and oxygen atoms in total. The van der Waals surface area contributed by atoms with Crippen LogP contribution in [0.3, 0.4) is 0 Å². The summed E-state index contributed by atoms with van der Waals surface area (Å²) in [5.74, 6) is 0.957. The summed E-state index contributed by atoms with van der Waals surface area (Å²) in [7, 11) is 0. The minimum atomic E-state index is -0.125. The Morgan fingerprint density at radius 1 is 1.26 bits per heavy atom. The number of carbonyl (C=O) groups excluding carboxylic acids is 1. The fourth-order valence-electron chi connectivity index (χ4n) is 3.28. The van der Waals surface area contributed by atoms with Crippen molar-refractivity contribution in [3.05, 3.63) is 60.5 Å². The van der Waals surface area contributed by atoms with E-state index in [-0.39, 0.29) is 24.4 Å². The number of hydrogen-bond acceptors (Lipinski definition) is 4. The topological polar surface area (TPSA) is 72.1 Å². The summed E-state index contributed by atoms with van der Waals surface area (Å²) in [4.78, 5) is 13.0. The fourth-order valence-corrected chi connectivity index (χ4v) is 3.28. The largest absolute Gasteiger partial charge is 0.463 e. The van der Waals surface area contributed by atoms with Gasteiger partial charge in [0.05, 0.1) is 12.0 Å². The molecule has 2 aromatic heterocycles. The van der Waals surface area contributed by atoms with Crippen LogP contribution in [0.25, 0.3) is 17.1 Å². The van der Waals surface area contributed by atoms with Crippen LogP contribution in [0, 0.1) is 5.92 Å². The van der Waals surface area contributed by atoms with E-state index >= 15 is 0 Å². The van der Waals surface area contributed by atoms with Gasteiger partial charge in [0.15, 0.2) is 5.76 Å². The van der Waals surface area contributed by atoms with E-state index < -0.39 is 0 Å². The summed E-state index contributed by atoms with van der Waals surface area (Å²) >= 11 is 0. The molecule has 142 valence electrons. The van der Waals surface area contributed by atoms with Crippen LogP contribution >= 0.6 is 12.4 Å². The number of nitrogens with zero attached hydrogens (tertiary/aromatic N) is 2. The lowest BCUT2D eigenvalue weighted by atomic mass is 9.95. The molecule has 2 atom stereocenters. The molecular weight excluding hydrogens is 364 g/mol. The number of nitrogens with one attached hydrogen (secondary N) is 2. The highest BCUT2D eigenvalue weighted by molar-refractivity contribution is 5.94. The molecule has 1 fully saturated rings. The van der Waals surface area contributed by atoms with Crippen molar-refractivity contribution in [1.29, 1.82) is 0 Å². The second-order valence-electron chi connectivity index (χ2n) is 6.69. The molecular formula is C20H23ClN4O2. The highest BCUT2D eigenvalue weighted by Gasteiger charge is 2.25. The lowest BCUT2D eigenvalue weighted by Crippen LogP contribution is -2.50. The van der Waals surface area contributed by atoms with Gasteiger partial charge in [0.1, 0.15) is 11.4 Å². The van der Waals surface area contributed by atoms with Crippen LogP contribution in [-0.4, -0.2) is 34.8 Å². The van der Waals surface area contributed by atoms with Crippen LogP contribution in [0.2, 0.25) is 0 Å². The van der Waals surface area contributed by atoms with Crippen molar-refractivity contribution in [2.24, 2.45) is 5.92 Å². The van der Waals surface area contributed by atoms with E-state index in [0.717, 1.165) is 25.2 Å². The Morgan fingerprint density at radius 3 is 2.78 bits per heavy atom. The maximum atomic E-state index is 13.0. The zero-order chi connectivity index (χ0) is 17.9. The first-order valence-electron chi connectivity index (χ1n) is 8.93. The molecule has 1 aliphatic rings. The van der Waals surface area contributed by atoms with E-state index in [1.165, 1.54) is 0 Å². The number of aromatic nitrogens is 2. The Kier molecular flexibility index (Phi) is 5.98. The number of furan rings is 1. The molecule has 1 aromatic carbocycles. The van der Waals surface area contributed by atoms with Crippen molar-refractivity contribution in [1.82, 2.24) is 20.4 Å². The van der Waals surface area contributed by atoms with Gasteiger partial charge in [-0.1, -0.05) is 25.1 Å². The Hall–Kier alpha value is -2.57. The molecule has 3 heterocycles. The normalized spacial score (nSPS) is 19.3. The van der Waals surface area contributed by atoms with Gasteiger partial charge in [-0.25, -0.2) is 4.68 Å². The molecule has 7 heteroatoms. The SMILES string of the molecule is CC1CCNCC1NC(=O)c1cc(-c2ccco2)nn1-c1ccccc1.Cl. The first-order chi connectivity index (χ1) is 12.7. The monoisotopic (exact) mass is 386 g/mol. The predicted octanol–water partition coefficient (Wildman–Crippen LogP) is 3.28. The number of benzene rings is 1. The van der Waals surface area contributed by atoms with Gasteiger partial charge in [-0.15, -0.1) is 12.4 Å². The molecule has 2 N–H and O–H groups in total. The molecule has 4 rings (SSSR count). The van der Waals surface area contributed by atoms with E-state index in [0.29, 0.717) is 23.1 Å². The van der Waals surface area contributed by atoms with Gasteiger partial charge >= 0.3 is 0 Å². The number of halogens is 1. The standard InChI is InChI=1S/C20H22N4O2.ClH/c1-14-9-10-21-13-17(14)22-20(25)18-12-16(19-8-5-11-26-19)23-24(18)15-6-3-2-4-7-15;/h2-8,11-12,14,17,21H,9-10,13H2,1H3,(H,22,25);1H. The van der Waals surface area contributed by atoms with Crippen LogP contribution in [0.15, 0.2) is 59.2 Å². The quantitative estimate of drug-likeness (QED) is 0.721. The highest BCUT2D eigenvalue weighted by atomic mass is 35.5. The zero-order valence-corrected chi connectivity index (χ0v) is 15.9. The van der Waals surface area contributed by atoms with Gasteiger partial charge < -0.3 is 15.1 Å². The van der Waals surface area contributed by atoms with Crippen LogP contribution in [0.5, 0.6) is 0 Å². The van der Waals surface area contributed by atoms with Crippen molar-refractivity contribution in [3.63, 3.8) is 0 Å². The van der Waals surface area contributed by atoms with Gasteiger partial charge in [-0.3, -0.25) is 4.79 Å². The Balaban J connectivity index is 0.00000210. The number of rotatable bonds is 4. The van der Waals surface area contributed by atoms with Crippen molar-refractivity contribution in [2.75, 3.05) is 13.1 Å². The summed E-state index contributed by atoms with van der Waals surface area (Å²) in [6.07, 6.45) is 2.66. The van der Waals surface area contributed by atoms with Crippen LogP contribution in [0.1, 0.15) is 23.8 Å². The first-order valence-corrected chi connectivity index (χ1v) is 8.93. The lowest BCUT2D eigenvalue weighted by molar-refractivity contribution is 0.0907. The first kappa shape index (κ1) is 19.2. The minimum absolute atomic E-state index is 0. The summed E-state index contributed by atoms with van der Waals surface area (Å²) in [5, 5.41) is 11.1. The third-order valence-electron chi connectivity index (χ3n) is 4.86. The maximum absolute atomic E-state index is 13.0. The van der Waals surface area contributed by atoms with Gasteiger partial charge in [0.25, 0.3) is 5.91 Å². The highest BCUT2D eigenvalue weighted by Crippen LogP contribution is 2.22. The van der Waals surface area contributed by atoms with E-state index in [9.17, 15) is 4.79 Å². The molecule has 0 saturated carbocycles.